The number of nitrogens with zero attached hydrogens (tertiary/aromatic N) is 1. The Bertz CT molecular complexity index is 1160. The first-order chi connectivity index (χ1) is 15.5. The third-order valence-corrected chi connectivity index (χ3v) is 7.31. The number of aryl methyl sites for hydroxylation is 1. The minimum absolute atomic E-state index is 0.136. The minimum atomic E-state index is -3.42. The maximum absolute atomic E-state index is 12.6. The molecule has 32 heavy (non-hydrogen) atoms. The molecule has 0 bridgehead atoms. The Labute approximate surface area is 188 Å². The summed E-state index contributed by atoms with van der Waals surface area (Å²) in [5.41, 5.74) is 1.52. The summed E-state index contributed by atoms with van der Waals surface area (Å²) in [4.78, 5) is 12.8. The molecule has 1 saturated heterocycles. The van der Waals surface area contributed by atoms with E-state index in [4.69, 9.17) is 4.74 Å². The molecule has 0 aromatic heterocycles. The van der Waals surface area contributed by atoms with Crippen LogP contribution in [0.4, 0.5) is 5.69 Å². The molecular weight excluding hydrogens is 424 g/mol. The van der Waals surface area contributed by atoms with Gasteiger partial charge < -0.3 is 10.1 Å². The Kier molecular flexibility index (Phi) is 6.87. The average Bonchev–Trinajstić information content (AvgIpc) is 3.36. The molecule has 1 fully saturated rings. The van der Waals surface area contributed by atoms with E-state index in [1.54, 1.807) is 30.3 Å². The van der Waals surface area contributed by atoms with Gasteiger partial charge in [-0.1, -0.05) is 42.5 Å². The molecule has 3 aromatic rings. The normalized spacial score (nSPS) is 14.2. The van der Waals surface area contributed by atoms with Gasteiger partial charge in [0.15, 0.2) is 5.75 Å². The highest BCUT2D eigenvalue weighted by atomic mass is 32.2. The van der Waals surface area contributed by atoms with Crippen molar-refractivity contribution in [3.8, 4) is 11.5 Å². The summed E-state index contributed by atoms with van der Waals surface area (Å²) in [6.07, 6.45) is 2.60. The van der Waals surface area contributed by atoms with Crippen molar-refractivity contribution in [2.45, 2.75) is 30.6 Å². The third-order valence-electron chi connectivity index (χ3n) is 5.40. The first kappa shape index (κ1) is 22.0. The average molecular weight is 451 g/mol. The van der Waals surface area contributed by atoms with Crippen molar-refractivity contribution >= 4 is 21.6 Å². The molecule has 6 nitrogen and oxygen atoms in total. The number of rotatable bonds is 8. The van der Waals surface area contributed by atoms with E-state index in [0.717, 1.165) is 18.4 Å². The van der Waals surface area contributed by atoms with Gasteiger partial charge in [0, 0.05) is 19.5 Å². The van der Waals surface area contributed by atoms with Crippen LogP contribution in [0.2, 0.25) is 0 Å². The Morgan fingerprint density at radius 2 is 1.53 bits per heavy atom. The van der Waals surface area contributed by atoms with Crippen molar-refractivity contribution in [3.63, 3.8) is 0 Å². The van der Waals surface area contributed by atoms with E-state index in [0.29, 0.717) is 41.6 Å². The molecule has 1 amide bonds. The summed E-state index contributed by atoms with van der Waals surface area (Å²) in [5, 5.41) is 2.91. The highest BCUT2D eigenvalue weighted by Gasteiger charge is 2.26. The summed E-state index contributed by atoms with van der Waals surface area (Å²) in [5.74, 6) is 1.13. The van der Waals surface area contributed by atoms with Crippen LogP contribution in [-0.4, -0.2) is 31.7 Å². The third kappa shape index (κ3) is 5.36. The quantitative estimate of drug-likeness (QED) is 0.533. The van der Waals surface area contributed by atoms with Gasteiger partial charge in [0.05, 0.1) is 10.6 Å². The molecule has 0 radical (unpaired) electrons. The van der Waals surface area contributed by atoms with Gasteiger partial charge in [-0.2, -0.15) is 4.31 Å². The molecule has 0 aliphatic carbocycles. The summed E-state index contributed by atoms with van der Waals surface area (Å²) in [7, 11) is -3.42. The number of nitrogens with one attached hydrogen (secondary N) is 1. The second kappa shape index (κ2) is 9.97. The molecule has 166 valence electrons. The zero-order valence-electron chi connectivity index (χ0n) is 17.7. The van der Waals surface area contributed by atoms with Crippen LogP contribution in [-0.2, 0) is 21.2 Å². The zero-order valence-corrected chi connectivity index (χ0v) is 18.6. The maximum Gasteiger partial charge on any atom is 0.243 e. The molecule has 7 heteroatoms. The lowest BCUT2D eigenvalue weighted by Crippen LogP contribution is -2.27. The van der Waals surface area contributed by atoms with Gasteiger partial charge in [-0.15, -0.1) is 0 Å². The summed E-state index contributed by atoms with van der Waals surface area (Å²) in [6.45, 7) is 1.17. The minimum Gasteiger partial charge on any atom is -0.455 e. The van der Waals surface area contributed by atoms with Crippen molar-refractivity contribution in [1.82, 2.24) is 4.31 Å². The molecule has 1 heterocycles. The molecule has 1 N–H and O–H groups in total. The van der Waals surface area contributed by atoms with Crippen LogP contribution in [0.25, 0.3) is 0 Å². The monoisotopic (exact) mass is 450 g/mol. The van der Waals surface area contributed by atoms with Crippen molar-refractivity contribution < 1.29 is 17.9 Å². The number of anilines is 1. The number of carbonyl (C=O) groups excluding carboxylic acids is 1. The van der Waals surface area contributed by atoms with Crippen molar-refractivity contribution in [3.05, 3.63) is 84.4 Å². The van der Waals surface area contributed by atoms with Crippen LogP contribution < -0.4 is 10.1 Å². The lowest BCUT2D eigenvalue weighted by Gasteiger charge is -2.15. The van der Waals surface area contributed by atoms with Crippen LogP contribution in [0.3, 0.4) is 0 Å². The molecule has 0 atom stereocenters. The van der Waals surface area contributed by atoms with Crippen LogP contribution in [0.5, 0.6) is 11.5 Å². The topological polar surface area (TPSA) is 75.7 Å². The Morgan fingerprint density at radius 1 is 0.875 bits per heavy atom. The molecule has 0 saturated carbocycles. The summed E-state index contributed by atoms with van der Waals surface area (Å²) in [6, 6.07) is 23.5. The van der Waals surface area contributed by atoms with Crippen LogP contribution in [0.15, 0.2) is 83.8 Å². The first-order valence-corrected chi connectivity index (χ1v) is 12.2. The van der Waals surface area contributed by atoms with E-state index in [9.17, 15) is 13.2 Å². The predicted molar refractivity (Wildman–Crippen MR) is 124 cm³/mol. The Morgan fingerprint density at radius 3 is 2.25 bits per heavy atom. The number of benzene rings is 3. The van der Waals surface area contributed by atoms with Gasteiger partial charge in [0.1, 0.15) is 5.75 Å². The number of amides is 1. The van der Waals surface area contributed by atoms with Gasteiger partial charge in [-0.3, -0.25) is 4.79 Å². The molecule has 4 rings (SSSR count). The van der Waals surface area contributed by atoms with E-state index in [2.05, 4.69) is 5.32 Å². The summed E-state index contributed by atoms with van der Waals surface area (Å²) < 4.78 is 32.7. The second-order valence-corrected chi connectivity index (χ2v) is 9.65. The van der Waals surface area contributed by atoms with E-state index < -0.39 is 10.0 Å². The van der Waals surface area contributed by atoms with Gasteiger partial charge in [0.2, 0.25) is 15.9 Å². The van der Waals surface area contributed by atoms with E-state index in [-0.39, 0.29) is 12.3 Å². The number of hydrogen-bond acceptors (Lipinski definition) is 4. The fraction of sp³-hybridized carbons (Fsp3) is 0.240. The maximum atomic E-state index is 12.6. The fourth-order valence-corrected chi connectivity index (χ4v) is 5.17. The van der Waals surface area contributed by atoms with Gasteiger partial charge in [0.25, 0.3) is 0 Å². The lowest BCUT2D eigenvalue weighted by atomic mass is 10.1. The van der Waals surface area contributed by atoms with Gasteiger partial charge in [-0.25, -0.2) is 8.42 Å². The van der Waals surface area contributed by atoms with Crippen LogP contribution in [0, 0.1) is 0 Å². The molecule has 1 aliphatic rings. The Balaban J connectivity index is 1.35. The lowest BCUT2D eigenvalue weighted by molar-refractivity contribution is -0.116. The second-order valence-electron chi connectivity index (χ2n) is 7.71. The van der Waals surface area contributed by atoms with E-state index in [1.807, 2.05) is 48.5 Å². The largest absolute Gasteiger partial charge is 0.455 e. The number of hydrogen-bond donors (Lipinski definition) is 1. The number of sulfonamides is 1. The molecule has 1 aliphatic heterocycles. The SMILES string of the molecule is O=C(CCc1ccc(S(=O)(=O)N2CCCC2)cc1)Nc1ccccc1Oc1ccccc1. The molecule has 3 aromatic carbocycles. The first-order valence-electron chi connectivity index (χ1n) is 10.7. The summed E-state index contributed by atoms with van der Waals surface area (Å²) >= 11 is 0. The highest BCUT2D eigenvalue weighted by Crippen LogP contribution is 2.29. The van der Waals surface area contributed by atoms with Gasteiger partial charge in [-0.05, 0) is 61.2 Å². The molecule has 0 unspecified atom stereocenters. The van der Waals surface area contributed by atoms with E-state index >= 15 is 0 Å². The van der Waals surface area contributed by atoms with Crippen molar-refractivity contribution in [1.29, 1.82) is 0 Å². The number of ether oxygens (including phenoxy) is 1. The Hall–Kier alpha value is -3.16. The zero-order chi connectivity index (χ0) is 22.4. The number of carbonyl (C=O) groups is 1. The predicted octanol–water partition coefficient (Wildman–Crippen LogP) is 4.83. The smallest absolute Gasteiger partial charge is 0.243 e. The highest BCUT2D eigenvalue weighted by molar-refractivity contribution is 7.89. The van der Waals surface area contributed by atoms with Crippen LogP contribution >= 0.6 is 0 Å². The van der Waals surface area contributed by atoms with Crippen molar-refractivity contribution in [2.75, 3.05) is 18.4 Å². The number of para-hydroxylation sites is 3. The van der Waals surface area contributed by atoms with Crippen molar-refractivity contribution in [2.24, 2.45) is 0 Å². The fourth-order valence-electron chi connectivity index (χ4n) is 3.65. The van der Waals surface area contributed by atoms with E-state index in [1.165, 1.54) is 4.31 Å². The van der Waals surface area contributed by atoms with Crippen LogP contribution in [0.1, 0.15) is 24.8 Å². The standard InChI is InChI=1S/C25H26N2O4S/c28-25(26-23-10-4-5-11-24(23)31-21-8-2-1-3-9-21)17-14-20-12-15-22(16-13-20)32(29,30)27-18-6-7-19-27/h1-5,8-13,15-16H,6-7,14,17-19H2,(H,26,28). The molecule has 0 spiro atoms. The molecular formula is C25H26N2O4S. The van der Waals surface area contributed by atoms with Gasteiger partial charge >= 0.3 is 0 Å².